The number of hydrogen-bond acceptors (Lipinski definition) is 7. The number of amides is 1. The van der Waals surface area contributed by atoms with Crippen molar-refractivity contribution in [3.05, 3.63) is 88.3 Å². The highest BCUT2D eigenvalue weighted by Gasteiger charge is 2.46. The monoisotopic (exact) mass is 545 g/mol. The Morgan fingerprint density at radius 1 is 1.03 bits per heavy atom. The van der Waals surface area contributed by atoms with Crippen LogP contribution in [0.2, 0.25) is 4.34 Å². The van der Waals surface area contributed by atoms with Crippen molar-refractivity contribution in [2.24, 2.45) is 5.16 Å². The van der Waals surface area contributed by atoms with Crippen molar-refractivity contribution in [1.29, 1.82) is 0 Å². The van der Waals surface area contributed by atoms with E-state index in [9.17, 15) is 13.2 Å². The zero-order valence-electron chi connectivity index (χ0n) is 19.2. The molecule has 0 unspecified atom stereocenters. The van der Waals surface area contributed by atoms with E-state index in [1.54, 1.807) is 6.07 Å². The van der Waals surface area contributed by atoms with Gasteiger partial charge in [-0.05, 0) is 23.3 Å². The van der Waals surface area contributed by atoms with Crippen molar-refractivity contribution in [3.8, 4) is 0 Å². The topological polar surface area (TPSA) is 97.3 Å². The number of alkyl carbamates (subject to hydrolysis) is 1. The van der Waals surface area contributed by atoms with E-state index in [2.05, 4.69) is 10.5 Å². The molecule has 2 aliphatic rings. The van der Waals surface area contributed by atoms with Gasteiger partial charge >= 0.3 is 6.09 Å². The normalized spacial score (nSPS) is 17.6. The Hall–Kier alpha value is -2.92. The molecule has 0 bridgehead atoms. The van der Waals surface area contributed by atoms with Gasteiger partial charge in [0.1, 0.15) is 9.81 Å². The van der Waals surface area contributed by atoms with Crippen molar-refractivity contribution in [1.82, 2.24) is 9.62 Å². The highest BCUT2D eigenvalue weighted by Crippen LogP contribution is 2.37. The van der Waals surface area contributed by atoms with Crippen LogP contribution in [0.15, 0.2) is 82.2 Å². The van der Waals surface area contributed by atoms with Crippen LogP contribution in [-0.4, -0.2) is 43.4 Å². The molecule has 0 atom stereocenters. The van der Waals surface area contributed by atoms with Gasteiger partial charge in [0, 0.05) is 25.9 Å². The molecule has 1 fully saturated rings. The summed E-state index contributed by atoms with van der Waals surface area (Å²) in [5.41, 5.74) is 1.15. The predicted molar refractivity (Wildman–Crippen MR) is 138 cm³/mol. The molecule has 1 spiro atoms. The SMILES string of the molecule is O=C(NC(c1ccccc1)c1ccccc1)OC1=NOC2(CCN(S(=O)(=O)c3ccc(Cl)s3)CC2)C1. The van der Waals surface area contributed by atoms with Gasteiger partial charge in [-0.2, -0.15) is 4.31 Å². The lowest BCUT2D eigenvalue weighted by molar-refractivity contribution is -0.0506. The molecular weight excluding hydrogens is 522 g/mol. The maximum absolute atomic E-state index is 12.9. The fourth-order valence-electron chi connectivity index (χ4n) is 4.41. The van der Waals surface area contributed by atoms with Gasteiger partial charge in [0.15, 0.2) is 0 Å². The molecule has 2 aliphatic heterocycles. The van der Waals surface area contributed by atoms with Crippen LogP contribution in [0.3, 0.4) is 0 Å². The summed E-state index contributed by atoms with van der Waals surface area (Å²) in [6, 6.07) is 21.9. The molecule has 36 heavy (non-hydrogen) atoms. The minimum atomic E-state index is -3.61. The Balaban J connectivity index is 1.19. The first-order valence-electron chi connectivity index (χ1n) is 11.4. The minimum Gasteiger partial charge on any atom is -0.392 e. The largest absolute Gasteiger partial charge is 0.414 e. The van der Waals surface area contributed by atoms with Gasteiger partial charge in [0.05, 0.1) is 16.8 Å². The number of ether oxygens (including phenoxy) is 1. The summed E-state index contributed by atoms with van der Waals surface area (Å²) in [4.78, 5) is 18.5. The number of thiophene rings is 1. The summed E-state index contributed by atoms with van der Waals surface area (Å²) >= 11 is 6.95. The highest BCUT2D eigenvalue weighted by atomic mass is 35.5. The van der Waals surface area contributed by atoms with Crippen molar-refractivity contribution < 1.29 is 22.8 Å². The van der Waals surface area contributed by atoms with Crippen LogP contribution in [0.1, 0.15) is 36.4 Å². The quantitative estimate of drug-likeness (QED) is 0.477. The number of nitrogens with zero attached hydrogens (tertiary/aromatic N) is 2. The molecule has 11 heteroatoms. The highest BCUT2D eigenvalue weighted by molar-refractivity contribution is 7.91. The van der Waals surface area contributed by atoms with Crippen LogP contribution in [0.4, 0.5) is 4.79 Å². The van der Waals surface area contributed by atoms with Crippen LogP contribution < -0.4 is 5.32 Å². The number of carbonyl (C=O) groups excluding carboxylic acids is 1. The number of nitrogens with one attached hydrogen (secondary N) is 1. The second-order valence-corrected chi connectivity index (χ2v) is 12.6. The van der Waals surface area contributed by atoms with Crippen molar-refractivity contribution in [2.45, 2.75) is 35.1 Å². The van der Waals surface area contributed by atoms with Crippen LogP contribution >= 0.6 is 22.9 Å². The first-order chi connectivity index (χ1) is 17.3. The number of carbonyl (C=O) groups is 1. The molecule has 3 aromatic rings. The van der Waals surface area contributed by atoms with E-state index in [-0.39, 0.29) is 23.2 Å². The molecular formula is C25H24ClN3O5S2. The van der Waals surface area contributed by atoms with Crippen molar-refractivity contribution in [2.75, 3.05) is 13.1 Å². The second-order valence-electron chi connectivity index (χ2n) is 8.69. The number of halogens is 1. The smallest absolute Gasteiger partial charge is 0.392 e. The summed E-state index contributed by atoms with van der Waals surface area (Å²) in [6.45, 7) is 0.549. The zero-order chi connectivity index (χ0) is 25.2. The predicted octanol–water partition coefficient (Wildman–Crippen LogP) is 5.17. The van der Waals surface area contributed by atoms with Crippen molar-refractivity contribution >= 4 is 45.0 Å². The Labute approximate surface area is 218 Å². The summed E-state index contributed by atoms with van der Waals surface area (Å²) in [6.07, 6.45) is 0.516. The fraction of sp³-hybridized carbons (Fsp3) is 0.280. The summed E-state index contributed by atoms with van der Waals surface area (Å²) in [7, 11) is -3.61. The van der Waals surface area contributed by atoms with E-state index in [0.29, 0.717) is 23.6 Å². The number of sulfonamides is 1. The molecule has 1 N–H and O–H groups in total. The van der Waals surface area contributed by atoms with Crippen molar-refractivity contribution in [3.63, 3.8) is 0 Å². The second kappa shape index (κ2) is 10.2. The van der Waals surface area contributed by atoms with E-state index in [1.165, 1.54) is 10.4 Å². The third kappa shape index (κ3) is 5.27. The molecule has 0 radical (unpaired) electrons. The lowest BCUT2D eigenvalue weighted by Crippen LogP contribution is -2.46. The van der Waals surface area contributed by atoms with Crippen LogP contribution in [0.25, 0.3) is 0 Å². The molecule has 5 rings (SSSR count). The standard InChI is InChI=1S/C25H24ClN3O5S2/c26-20-11-12-22(35-20)36(31,32)29-15-13-25(14-16-29)17-21(28-34-25)33-24(30)27-23(18-7-3-1-4-8-18)19-9-5-2-6-10-19/h1-12,23H,13-17H2,(H,27,30). The molecule has 3 heterocycles. The summed E-state index contributed by atoms with van der Waals surface area (Å²) < 4.78 is 33.3. The van der Waals surface area contributed by atoms with Crippen LogP contribution in [-0.2, 0) is 19.6 Å². The number of piperidine rings is 1. The van der Waals surface area contributed by atoms with E-state index < -0.39 is 27.8 Å². The van der Waals surface area contributed by atoms with Gasteiger partial charge in [-0.15, -0.1) is 11.3 Å². The number of rotatable bonds is 5. The van der Waals surface area contributed by atoms with Gasteiger partial charge < -0.3 is 14.9 Å². The maximum Gasteiger partial charge on any atom is 0.414 e. The van der Waals surface area contributed by atoms with E-state index >= 15 is 0 Å². The molecule has 1 aromatic heterocycles. The first-order valence-corrected chi connectivity index (χ1v) is 14.1. The molecule has 1 saturated heterocycles. The zero-order valence-corrected chi connectivity index (χ0v) is 21.6. The molecule has 0 saturated carbocycles. The van der Waals surface area contributed by atoms with Gasteiger partial charge in [0.25, 0.3) is 10.0 Å². The summed E-state index contributed by atoms with van der Waals surface area (Å²) in [5.74, 6) is 0.175. The van der Waals surface area contributed by atoms with Crippen LogP contribution in [0, 0.1) is 0 Å². The molecule has 0 aliphatic carbocycles. The van der Waals surface area contributed by atoms with Gasteiger partial charge in [-0.25, -0.2) is 13.2 Å². The van der Waals surface area contributed by atoms with Gasteiger partial charge in [-0.1, -0.05) is 77.4 Å². The minimum absolute atomic E-state index is 0.175. The third-order valence-electron chi connectivity index (χ3n) is 6.33. The fourth-order valence-corrected chi connectivity index (χ4v) is 7.49. The summed E-state index contributed by atoms with van der Waals surface area (Å²) in [5, 5.41) is 6.92. The number of hydrogen-bond donors (Lipinski definition) is 1. The van der Waals surface area contributed by atoms with Gasteiger partial charge in [0.2, 0.25) is 5.90 Å². The number of benzene rings is 2. The lowest BCUT2D eigenvalue weighted by Gasteiger charge is -2.35. The van der Waals surface area contributed by atoms with Crippen LogP contribution in [0.5, 0.6) is 0 Å². The Morgan fingerprint density at radius 2 is 1.64 bits per heavy atom. The average Bonchev–Trinajstić information content (AvgIpc) is 3.50. The van der Waals surface area contributed by atoms with E-state index in [4.69, 9.17) is 21.2 Å². The van der Waals surface area contributed by atoms with E-state index in [0.717, 1.165) is 22.5 Å². The maximum atomic E-state index is 12.9. The van der Waals surface area contributed by atoms with Gasteiger partial charge in [-0.3, -0.25) is 0 Å². The third-order valence-corrected chi connectivity index (χ3v) is 9.93. The Morgan fingerprint density at radius 3 is 2.19 bits per heavy atom. The lowest BCUT2D eigenvalue weighted by atomic mass is 9.89. The first kappa shape index (κ1) is 24.8. The number of oxime groups is 1. The molecule has 2 aromatic carbocycles. The molecule has 1 amide bonds. The average molecular weight is 546 g/mol. The Bertz CT molecular complexity index is 1320. The molecule has 188 valence electrons. The van der Waals surface area contributed by atoms with E-state index in [1.807, 2.05) is 60.7 Å². The Kier molecular flexibility index (Phi) is 7.03. The molecule has 8 nitrogen and oxygen atoms in total.